The molecule has 1 aromatic rings. The first-order chi connectivity index (χ1) is 7.28. The van der Waals surface area contributed by atoms with Gasteiger partial charge in [-0.1, -0.05) is 12.8 Å². The maximum absolute atomic E-state index is 11.1. The van der Waals surface area contributed by atoms with Gasteiger partial charge in [0, 0.05) is 12.1 Å². The molecule has 0 bridgehead atoms. The lowest BCUT2D eigenvalue weighted by molar-refractivity contribution is 0.748. The molecule has 0 atom stereocenters. The van der Waals surface area contributed by atoms with Crippen LogP contribution >= 0.6 is 0 Å². The van der Waals surface area contributed by atoms with Crippen LogP contribution in [-0.4, -0.2) is 16.0 Å². The third-order valence-electron chi connectivity index (χ3n) is 2.57. The summed E-state index contributed by atoms with van der Waals surface area (Å²) in [6.45, 7) is 0. The van der Waals surface area contributed by atoms with Crippen LogP contribution in [0.25, 0.3) is 0 Å². The number of anilines is 1. The minimum atomic E-state index is -0.477. The third kappa shape index (κ3) is 2.34. The highest BCUT2D eigenvalue weighted by Crippen LogP contribution is 2.20. The van der Waals surface area contributed by atoms with Gasteiger partial charge < -0.3 is 5.32 Å². The molecule has 0 unspecified atom stereocenters. The second-order valence-electron chi connectivity index (χ2n) is 3.72. The van der Waals surface area contributed by atoms with Crippen LogP contribution in [0.2, 0.25) is 0 Å². The highest BCUT2D eigenvalue weighted by atomic mass is 16.1. The standard InChI is InChI=1S/C10H12N4O/c11-6-8-5-9(14-10(15)13-8)12-7-3-1-2-4-7/h5,7H,1-4H2,(H2,12,13,14,15). The van der Waals surface area contributed by atoms with Crippen molar-refractivity contribution in [2.45, 2.75) is 31.7 Å². The fourth-order valence-corrected chi connectivity index (χ4v) is 1.87. The fraction of sp³-hybridized carbons (Fsp3) is 0.500. The van der Waals surface area contributed by atoms with Crippen molar-refractivity contribution < 1.29 is 0 Å². The molecule has 0 aliphatic heterocycles. The van der Waals surface area contributed by atoms with Crippen molar-refractivity contribution in [2.24, 2.45) is 0 Å². The highest BCUT2D eigenvalue weighted by molar-refractivity contribution is 5.39. The van der Waals surface area contributed by atoms with Gasteiger partial charge in [0.05, 0.1) is 0 Å². The average Bonchev–Trinajstić information content (AvgIpc) is 2.69. The zero-order valence-electron chi connectivity index (χ0n) is 8.29. The number of hydrogen-bond donors (Lipinski definition) is 2. The second kappa shape index (κ2) is 4.13. The molecular weight excluding hydrogens is 192 g/mol. The molecule has 1 fully saturated rings. The van der Waals surface area contributed by atoms with E-state index in [2.05, 4.69) is 15.3 Å². The molecule has 1 aliphatic carbocycles. The molecule has 1 heterocycles. The minimum absolute atomic E-state index is 0.246. The molecule has 1 saturated carbocycles. The third-order valence-corrected chi connectivity index (χ3v) is 2.57. The van der Waals surface area contributed by atoms with E-state index in [-0.39, 0.29) is 5.69 Å². The first-order valence-corrected chi connectivity index (χ1v) is 5.06. The first-order valence-electron chi connectivity index (χ1n) is 5.06. The van der Waals surface area contributed by atoms with Crippen molar-refractivity contribution in [3.63, 3.8) is 0 Å². The molecule has 1 aliphatic rings. The molecule has 2 rings (SSSR count). The molecule has 2 N–H and O–H groups in total. The van der Waals surface area contributed by atoms with Crippen LogP contribution in [0.4, 0.5) is 5.82 Å². The van der Waals surface area contributed by atoms with Crippen molar-refractivity contribution >= 4 is 5.82 Å². The van der Waals surface area contributed by atoms with Gasteiger partial charge in [0.15, 0.2) is 0 Å². The molecule has 78 valence electrons. The van der Waals surface area contributed by atoms with E-state index in [1.165, 1.54) is 12.8 Å². The van der Waals surface area contributed by atoms with E-state index >= 15 is 0 Å². The van der Waals surface area contributed by atoms with E-state index < -0.39 is 5.69 Å². The molecular formula is C10H12N4O. The smallest absolute Gasteiger partial charge is 0.347 e. The number of aromatic amines is 1. The number of nitrogens with one attached hydrogen (secondary N) is 2. The van der Waals surface area contributed by atoms with Gasteiger partial charge in [-0.25, -0.2) is 4.79 Å². The van der Waals surface area contributed by atoms with Crippen LogP contribution in [0.3, 0.4) is 0 Å². The van der Waals surface area contributed by atoms with E-state index in [1.807, 2.05) is 6.07 Å². The van der Waals surface area contributed by atoms with Gasteiger partial charge in [-0.2, -0.15) is 10.2 Å². The molecule has 1 aromatic heterocycles. The average molecular weight is 204 g/mol. The molecule has 0 radical (unpaired) electrons. The van der Waals surface area contributed by atoms with Crippen LogP contribution in [0, 0.1) is 11.3 Å². The molecule has 5 heteroatoms. The van der Waals surface area contributed by atoms with Gasteiger partial charge in [-0.15, -0.1) is 0 Å². The molecule has 5 nitrogen and oxygen atoms in total. The SMILES string of the molecule is N#Cc1cc(NC2CCCC2)nc(=O)[nH]1. The summed E-state index contributed by atoms with van der Waals surface area (Å²) in [5, 5.41) is 11.8. The van der Waals surface area contributed by atoms with E-state index in [4.69, 9.17) is 5.26 Å². The van der Waals surface area contributed by atoms with Crippen molar-refractivity contribution in [3.8, 4) is 6.07 Å². The molecule has 0 amide bonds. The predicted octanol–water partition coefficient (Wildman–Crippen LogP) is 0.996. The topological polar surface area (TPSA) is 81.6 Å². The van der Waals surface area contributed by atoms with Crippen molar-refractivity contribution in [1.29, 1.82) is 5.26 Å². The number of aromatic nitrogens is 2. The second-order valence-corrected chi connectivity index (χ2v) is 3.72. The predicted molar refractivity (Wildman–Crippen MR) is 55.5 cm³/mol. The Labute approximate surface area is 87.2 Å². The van der Waals surface area contributed by atoms with E-state index in [0.29, 0.717) is 11.9 Å². The Morgan fingerprint density at radius 1 is 1.53 bits per heavy atom. The summed E-state index contributed by atoms with van der Waals surface area (Å²) in [6.07, 6.45) is 4.64. The van der Waals surface area contributed by atoms with E-state index in [1.54, 1.807) is 6.07 Å². The zero-order chi connectivity index (χ0) is 10.7. The van der Waals surface area contributed by atoms with Gasteiger partial charge in [0.25, 0.3) is 0 Å². The summed E-state index contributed by atoms with van der Waals surface area (Å²) in [5.41, 5.74) is -0.231. The largest absolute Gasteiger partial charge is 0.367 e. The van der Waals surface area contributed by atoms with E-state index in [0.717, 1.165) is 12.8 Å². The molecule has 0 saturated heterocycles. The zero-order valence-corrected chi connectivity index (χ0v) is 8.29. The highest BCUT2D eigenvalue weighted by Gasteiger charge is 2.15. The van der Waals surface area contributed by atoms with Crippen molar-refractivity contribution in [1.82, 2.24) is 9.97 Å². The van der Waals surface area contributed by atoms with Gasteiger partial charge in [-0.05, 0) is 12.8 Å². The Balaban J connectivity index is 2.17. The molecule has 15 heavy (non-hydrogen) atoms. The molecule has 0 aromatic carbocycles. The lowest BCUT2D eigenvalue weighted by Crippen LogP contribution is -2.20. The summed E-state index contributed by atoms with van der Waals surface area (Å²) < 4.78 is 0. The van der Waals surface area contributed by atoms with Crippen LogP contribution in [0.15, 0.2) is 10.9 Å². The van der Waals surface area contributed by atoms with Crippen LogP contribution < -0.4 is 11.0 Å². The fourth-order valence-electron chi connectivity index (χ4n) is 1.87. The van der Waals surface area contributed by atoms with Gasteiger partial charge in [-0.3, -0.25) is 4.98 Å². The molecule has 0 spiro atoms. The number of rotatable bonds is 2. The Morgan fingerprint density at radius 2 is 2.27 bits per heavy atom. The van der Waals surface area contributed by atoms with Crippen LogP contribution in [0.5, 0.6) is 0 Å². The number of nitriles is 1. The van der Waals surface area contributed by atoms with Gasteiger partial charge >= 0.3 is 5.69 Å². The normalized spacial score (nSPS) is 16.2. The first kappa shape index (κ1) is 9.71. The summed E-state index contributed by atoms with van der Waals surface area (Å²) in [4.78, 5) is 17.2. The Kier molecular flexibility index (Phi) is 2.68. The Hall–Kier alpha value is -1.83. The lowest BCUT2D eigenvalue weighted by atomic mass is 10.2. The maximum Gasteiger partial charge on any atom is 0.347 e. The number of hydrogen-bond acceptors (Lipinski definition) is 4. The maximum atomic E-state index is 11.1. The van der Waals surface area contributed by atoms with Crippen LogP contribution in [-0.2, 0) is 0 Å². The van der Waals surface area contributed by atoms with Crippen LogP contribution in [0.1, 0.15) is 31.4 Å². The lowest BCUT2D eigenvalue weighted by Gasteiger charge is -2.11. The minimum Gasteiger partial charge on any atom is -0.367 e. The Bertz CT molecular complexity index is 439. The van der Waals surface area contributed by atoms with Crippen molar-refractivity contribution in [3.05, 3.63) is 22.2 Å². The summed E-state index contributed by atoms with van der Waals surface area (Å²) in [7, 11) is 0. The number of nitrogens with zero attached hydrogens (tertiary/aromatic N) is 2. The monoisotopic (exact) mass is 204 g/mol. The van der Waals surface area contributed by atoms with Gasteiger partial charge in [0.1, 0.15) is 17.6 Å². The van der Waals surface area contributed by atoms with Crippen molar-refractivity contribution in [2.75, 3.05) is 5.32 Å². The van der Waals surface area contributed by atoms with Gasteiger partial charge in [0.2, 0.25) is 0 Å². The quantitative estimate of drug-likeness (QED) is 0.752. The summed E-state index contributed by atoms with van der Waals surface area (Å²) >= 11 is 0. The Morgan fingerprint density at radius 3 is 2.93 bits per heavy atom. The van der Waals surface area contributed by atoms with E-state index in [9.17, 15) is 4.79 Å². The summed E-state index contributed by atoms with van der Waals surface area (Å²) in [5.74, 6) is 0.502. The number of H-pyrrole nitrogens is 1. The summed E-state index contributed by atoms with van der Waals surface area (Å²) in [6, 6.07) is 3.86.